The number of rotatable bonds is 4. The summed E-state index contributed by atoms with van der Waals surface area (Å²) < 4.78 is 36.9. The maximum Gasteiger partial charge on any atom is 0.416 e. The second-order valence-electron chi connectivity index (χ2n) is 4.12. The van der Waals surface area contributed by atoms with Crippen LogP contribution in [0, 0.1) is 5.92 Å². The number of ketones is 1. The van der Waals surface area contributed by atoms with Crippen molar-refractivity contribution in [3.05, 3.63) is 35.4 Å². The molecule has 0 amide bonds. The normalized spacial score (nSPS) is 13.5. The molecule has 1 nitrogen and oxygen atoms in total. The van der Waals surface area contributed by atoms with Gasteiger partial charge in [-0.3, -0.25) is 4.79 Å². The van der Waals surface area contributed by atoms with E-state index in [0.717, 1.165) is 17.7 Å². The minimum atomic E-state index is -4.30. The zero-order valence-corrected chi connectivity index (χ0v) is 9.84. The molecule has 0 heterocycles. The third kappa shape index (κ3) is 3.88. The molecule has 1 aromatic rings. The van der Waals surface area contributed by atoms with Gasteiger partial charge in [0, 0.05) is 12.3 Å². The zero-order chi connectivity index (χ0) is 13.1. The molecule has 0 N–H and O–H groups in total. The minimum absolute atomic E-state index is 0.130. The molecule has 0 fully saturated rings. The van der Waals surface area contributed by atoms with Gasteiger partial charge >= 0.3 is 6.18 Å². The summed E-state index contributed by atoms with van der Waals surface area (Å²) in [6.07, 6.45) is -3.35. The van der Waals surface area contributed by atoms with E-state index in [4.69, 9.17) is 0 Å². The van der Waals surface area contributed by atoms with E-state index in [1.807, 2.05) is 0 Å². The van der Waals surface area contributed by atoms with Crippen molar-refractivity contribution in [2.75, 3.05) is 0 Å². The predicted molar refractivity (Wildman–Crippen MR) is 59.6 cm³/mol. The first-order chi connectivity index (χ1) is 7.84. The molecular formula is C13H15F3O. The summed E-state index contributed by atoms with van der Waals surface area (Å²) in [4.78, 5) is 11.4. The minimum Gasteiger partial charge on any atom is -0.299 e. The van der Waals surface area contributed by atoms with E-state index >= 15 is 0 Å². The molecule has 0 aliphatic heterocycles. The fraction of sp³-hybridized carbons (Fsp3) is 0.462. The average Bonchev–Trinajstić information content (AvgIpc) is 2.27. The summed E-state index contributed by atoms with van der Waals surface area (Å²) in [6.45, 7) is 3.58. The van der Waals surface area contributed by atoms with Crippen LogP contribution in [0.1, 0.15) is 31.4 Å². The maximum absolute atomic E-state index is 12.3. The van der Waals surface area contributed by atoms with Crippen molar-refractivity contribution in [3.63, 3.8) is 0 Å². The fourth-order valence-corrected chi connectivity index (χ4v) is 1.65. The Balaban J connectivity index is 2.72. The zero-order valence-electron chi connectivity index (χ0n) is 9.84. The van der Waals surface area contributed by atoms with Crippen LogP contribution in [0.15, 0.2) is 24.3 Å². The highest BCUT2D eigenvalue weighted by Crippen LogP contribution is 2.29. The van der Waals surface area contributed by atoms with Gasteiger partial charge in [0.1, 0.15) is 5.78 Å². The number of benzene rings is 1. The van der Waals surface area contributed by atoms with E-state index in [0.29, 0.717) is 12.8 Å². The first-order valence-electron chi connectivity index (χ1n) is 5.53. The van der Waals surface area contributed by atoms with Crippen LogP contribution in [0.25, 0.3) is 0 Å². The third-order valence-electron chi connectivity index (χ3n) is 2.72. The van der Waals surface area contributed by atoms with Crippen LogP contribution >= 0.6 is 0 Å². The molecule has 4 heteroatoms. The maximum atomic E-state index is 12.3. The van der Waals surface area contributed by atoms with Crippen molar-refractivity contribution < 1.29 is 18.0 Å². The highest BCUT2D eigenvalue weighted by atomic mass is 19.4. The lowest BCUT2D eigenvalue weighted by molar-refractivity contribution is -0.137. The van der Waals surface area contributed by atoms with Gasteiger partial charge in [0.05, 0.1) is 5.56 Å². The fourth-order valence-electron chi connectivity index (χ4n) is 1.65. The molecule has 0 saturated carbocycles. The molecule has 1 atom stereocenters. The third-order valence-corrected chi connectivity index (χ3v) is 2.72. The highest BCUT2D eigenvalue weighted by Gasteiger charge is 2.29. The van der Waals surface area contributed by atoms with Crippen LogP contribution in [0.4, 0.5) is 13.2 Å². The molecule has 1 rings (SSSR count). The Morgan fingerprint density at radius 3 is 2.18 bits per heavy atom. The Labute approximate surface area is 98.6 Å². The summed E-state index contributed by atoms with van der Waals surface area (Å²) in [5.41, 5.74) is 0.100. The standard InChI is InChI=1S/C13H15F3O/c1-3-12(17)9(2)8-10-4-6-11(7-5-10)13(14,15)16/h4-7,9H,3,8H2,1-2H3. The number of hydrogen-bond donors (Lipinski definition) is 0. The van der Waals surface area contributed by atoms with Gasteiger partial charge in [0.25, 0.3) is 0 Å². The number of halogens is 3. The van der Waals surface area contributed by atoms with E-state index < -0.39 is 11.7 Å². The smallest absolute Gasteiger partial charge is 0.299 e. The second kappa shape index (κ2) is 5.34. The van der Waals surface area contributed by atoms with Gasteiger partial charge in [-0.25, -0.2) is 0 Å². The Kier molecular flexibility index (Phi) is 4.32. The Bertz CT molecular complexity index is 379. The van der Waals surface area contributed by atoms with E-state index in [9.17, 15) is 18.0 Å². The van der Waals surface area contributed by atoms with Crippen molar-refractivity contribution in [1.29, 1.82) is 0 Å². The predicted octanol–water partition coefficient (Wildman–Crippen LogP) is 3.86. The van der Waals surface area contributed by atoms with Crippen LogP contribution in [0.5, 0.6) is 0 Å². The van der Waals surface area contributed by atoms with Crippen LogP contribution in [-0.2, 0) is 17.4 Å². The summed E-state index contributed by atoms with van der Waals surface area (Å²) in [7, 11) is 0. The quantitative estimate of drug-likeness (QED) is 0.786. The lowest BCUT2D eigenvalue weighted by Crippen LogP contribution is -2.12. The SMILES string of the molecule is CCC(=O)C(C)Cc1ccc(C(F)(F)F)cc1. The van der Waals surface area contributed by atoms with Crippen molar-refractivity contribution in [2.24, 2.45) is 5.92 Å². The molecule has 0 radical (unpaired) electrons. The average molecular weight is 244 g/mol. The van der Waals surface area contributed by atoms with Gasteiger partial charge < -0.3 is 0 Å². The molecule has 1 unspecified atom stereocenters. The first-order valence-corrected chi connectivity index (χ1v) is 5.53. The largest absolute Gasteiger partial charge is 0.416 e. The number of Topliss-reactive ketones (excluding diaryl/α,β-unsaturated/α-hetero) is 1. The molecule has 17 heavy (non-hydrogen) atoms. The van der Waals surface area contributed by atoms with Gasteiger partial charge in [-0.2, -0.15) is 13.2 Å². The van der Waals surface area contributed by atoms with Crippen LogP contribution in [0.3, 0.4) is 0 Å². The molecule has 0 aliphatic carbocycles. The van der Waals surface area contributed by atoms with Gasteiger partial charge in [-0.05, 0) is 24.1 Å². The number of hydrogen-bond acceptors (Lipinski definition) is 1. The summed E-state index contributed by atoms with van der Waals surface area (Å²) in [5, 5.41) is 0. The molecule has 94 valence electrons. The summed E-state index contributed by atoms with van der Waals surface area (Å²) in [5.74, 6) is -0.0124. The number of alkyl halides is 3. The topological polar surface area (TPSA) is 17.1 Å². The summed E-state index contributed by atoms with van der Waals surface area (Å²) >= 11 is 0. The summed E-state index contributed by atoms with van der Waals surface area (Å²) in [6, 6.07) is 4.97. The van der Waals surface area contributed by atoms with Crippen molar-refractivity contribution >= 4 is 5.78 Å². The molecule has 0 aromatic heterocycles. The number of carbonyl (C=O) groups is 1. The molecule has 0 spiro atoms. The second-order valence-corrected chi connectivity index (χ2v) is 4.12. The Hall–Kier alpha value is -1.32. The molecular weight excluding hydrogens is 229 g/mol. The monoisotopic (exact) mass is 244 g/mol. The van der Waals surface area contributed by atoms with E-state index in [-0.39, 0.29) is 11.7 Å². The number of carbonyl (C=O) groups excluding carboxylic acids is 1. The van der Waals surface area contributed by atoms with Crippen molar-refractivity contribution in [1.82, 2.24) is 0 Å². The van der Waals surface area contributed by atoms with Gasteiger partial charge in [0.15, 0.2) is 0 Å². The van der Waals surface area contributed by atoms with Gasteiger partial charge in [-0.15, -0.1) is 0 Å². The molecule has 0 saturated heterocycles. The van der Waals surface area contributed by atoms with Gasteiger partial charge in [-0.1, -0.05) is 26.0 Å². The molecule has 1 aromatic carbocycles. The van der Waals surface area contributed by atoms with Gasteiger partial charge in [0.2, 0.25) is 0 Å². The molecule has 0 aliphatic rings. The first kappa shape index (κ1) is 13.7. The lowest BCUT2D eigenvalue weighted by Gasteiger charge is -2.10. The van der Waals surface area contributed by atoms with E-state index in [1.165, 1.54) is 12.1 Å². The van der Waals surface area contributed by atoms with Crippen LogP contribution in [-0.4, -0.2) is 5.78 Å². The molecule has 0 bridgehead atoms. The van der Waals surface area contributed by atoms with Crippen molar-refractivity contribution in [3.8, 4) is 0 Å². The Morgan fingerprint density at radius 1 is 1.24 bits per heavy atom. The highest BCUT2D eigenvalue weighted by molar-refractivity contribution is 5.80. The van der Waals surface area contributed by atoms with E-state index in [2.05, 4.69) is 0 Å². The van der Waals surface area contributed by atoms with E-state index in [1.54, 1.807) is 13.8 Å². The lowest BCUT2D eigenvalue weighted by atomic mass is 9.95. The van der Waals surface area contributed by atoms with Crippen LogP contribution in [0.2, 0.25) is 0 Å². The van der Waals surface area contributed by atoms with Crippen LogP contribution < -0.4 is 0 Å². The van der Waals surface area contributed by atoms with Crippen molar-refractivity contribution in [2.45, 2.75) is 32.9 Å². The Morgan fingerprint density at radius 2 is 1.76 bits per heavy atom.